The van der Waals surface area contributed by atoms with Gasteiger partial charge < -0.3 is 4.74 Å². The van der Waals surface area contributed by atoms with Gasteiger partial charge in [-0.1, -0.05) is 61.9 Å². The first-order valence-electron chi connectivity index (χ1n) is 12.3. The molecular formula is C30H31N3O4S. The molecule has 1 amide bonds. The normalized spacial score (nSPS) is 11.4. The minimum Gasteiger partial charge on any atom is -0.438 e. The van der Waals surface area contributed by atoms with Crippen LogP contribution in [0.1, 0.15) is 58.1 Å². The zero-order valence-corrected chi connectivity index (χ0v) is 23.2. The van der Waals surface area contributed by atoms with Gasteiger partial charge in [-0.3, -0.25) is 4.79 Å². The Bertz CT molecular complexity index is 1590. The molecule has 0 bridgehead atoms. The number of carbonyl (C=O) groups excluding carboxylic acids is 1. The summed E-state index contributed by atoms with van der Waals surface area (Å²) < 4.78 is 34.1. The predicted molar refractivity (Wildman–Crippen MR) is 148 cm³/mol. The van der Waals surface area contributed by atoms with Gasteiger partial charge in [0.2, 0.25) is 5.88 Å². The number of carbonyl (C=O) groups is 1. The van der Waals surface area contributed by atoms with Gasteiger partial charge in [-0.15, -0.1) is 0 Å². The molecule has 8 heteroatoms. The average molecular weight is 530 g/mol. The molecule has 0 aliphatic heterocycles. The van der Waals surface area contributed by atoms with E-state index >= 15 is 0 Å². The molecule has 38 heavy (non-hydrogen) atoms. The van der Waals surface area contributed by atoms with E-state index in [1.807, 2.05) is 57.2 Å². The van der Waals surface area contributed by atoms with Crippen LogP contribution in [0.3, 0.4) is 0 Å². The molecule has 2 aromatic carbocycles. The van der Waals surface area contributed by atoms with E-state index < -0.39 is 15.9 Å². The van der Waals surface area contributed by atoms with Crippen molar-refractivity contribution in [1.29, 1.82) is 0 Å². The lowest BCUT2D eigenvalue weighted by Gasteiger charge is -2.16. The Morgan fingerprint density at radius 2 is 1.53 bits per heavy atom. The number of nitrogens with zero attached hydrogens (tertiary/aromatic N) is 2. The summed E-state index contributed by atoms with van der Waals surface area (Å²) in [5.41, 5.74) is 5.97. The van der Waals surface area contributed by atoms with Crippen LogP contribution in [0.2, 0.25) is 0 Å². The third kappa shape index (κ3) is 5.92. The molecule has 0 aliphatic carbocycles. The van der Waals surface area contributed by atoms with Gasteiger partial charge in [0.15, 0.2) is 5.03 Å². The molecule has 0 saturated heterocycles. The lowest BCUT2D eigenvalue weighted by molar-refractivity contribution is 0.0978. The summed E-state index contributed by atoms with van der Waals surface area (Å²) in [5.74, 6) is 0.0993. The van der Waals surface area contributed by atoms with Gasteiger partial charge in [-0.2, -0.15) is 8.42 Å². The van der Waals surface area contributed by atoms with Crippen molar-refractivity contribution in [3.63, 3.8) is 0 Å². The number of nitrogens with one attached hydrogen (secondary N) is 1. The molecule has 4 rings (SSSR count). The van der Waals surface area contributed by atoms with Crippen molar-refractivity contribution >= 4 is 15.9 Å². The number of hydrogen-bond acceptors (Lipinski definition) is 6. The lowest BCUT2D eigenvalue weighted by Crippen LogP contribution is -2.31. The van der Waals surface area contributed by atoms with Gasteiger partial charge in [0.25, 0.3) is 15.9 Å². The minimum atomic E-state index is -4.21. The molecule has 2 heterocycles. The van der Waals surface area contributed by atoms with Crippen LogP contribution in [-0.4, -0.2) is 24.3 Å². The summed E-state index contributed by atoms with van der Waals surface area (Å²) in [6, 6.07) is 19.8. The highest BCUT2D eigenvalue weighted by atomic mass is 32.2. The van der Waals surface area contributed by atoms with Crippen molar-refractivity contribution in [3.05, 3.63) is 100 Å². The average Bonchev–Trinajstić information content (AvgIpc) is 2.86. The Balaban J connectivity index is 1.77. The molecule has 0 atom stereocenters. The van der Waals surface area contributed by atoms with E-state index in [-0.39, 0.29) is 16.5 Å². The van der Waals surface area contributed by atoms with E-state index in [0.29, 0.717) is 23.1 Å². The quantitative estimate of drug-likeness (QED) is 0.297. The predicted octanol–water partition coefficient (Wildman–Crippen LogP) is 6.41. The highest BCUT2D eigenvalue weighted by Crippen LogP contribution is 2.33. The molecule has 0 spiro atoms. The third-order valence-corrected chi connectivity index (χ3v) is 7.38. The van der Waals surface area contributed by atoms with Crippen molar-refractivity contribution < 1.29 is 17.9 Å². The summed E-state index contributed by atoms with van der Waals surface area (Å²) in [7, 11) is -4.21. The highest BCUT2D eigenvalue weighted by Gasteiger charge is 2.24. The van der Waals surface area contributed by atoms with Gasteiger partial charge in [-0.05, 0) is 74.6 Å². The highest BCUT2D eigenvalue weighted by molar-refractivity contribution is 7.90. The Labute approximate surface area is 224 Å². The molecule has 0 radical (unpaired) electrons. The van der Waals surface area contributed by atoms with Gasteiger partial charge in [0.05, 0.1) is 5.69 Å². The second-order valence-corrected chi connectivity index (χ2v) is 11.3. The molecule has 4 aromatic rings. The summed E-state index contributed by atoms with van der Waals surface area (Å²) in [4.78, 5) is 22.0. The first-order chi connectivity index (χ1) is 17.9. The number of aromatic nitrogens is 2. The van der Waals surface area contributed by atoms with Crippen LogP contribution < -0.4 is 9.46 Å². The molecule has 1 N–H and O–H groups in total. The Morgan fingerprint density at radius 1 is 0.868 bits per heavy atom. The summed E-state index contributed by atoms with van der Waals surface area (Å²) >= 11 is 0. The van der Waals surface area contributed by atoms with Gasteiger partial charge in [0, 0.05) is 11.3 Å². The second kappa shape index (κ2) is 10.8. The van der Waals surface area contributed by atoms with Crippen LogP contribution in [0.4, 0.5) is 0 Å². The number of rotatable bonds is 7. The van der Waals surface area contributed by atoms with Crippen LogP contribution in [-0.2, 0) is 10.0 Å². The maximum atomic E-state index is 13.3. The zero-order valence-electron chi connectivity index (χ0n) is 22.4. The Morgan fingerprint density at radius 3 is 2.13 bits per heavy atom. The molecule has 196 valence electrons. The number of aryl methyl sites for hydroxylation is 4. The van der Waals surface area contributed by atoms with Crippen molar-refractivity contribution in [1.82, 2.24) is 14.7 Å². The van der Waals surface area contributed by atoms with Crippen molar-refractivity contribution in [2.75, 3.05) is 0 Å². The maximum Gasteiger partial charge on any atom is 0.281 e. The molecule has 2 aromatic heterocycles. The fraction of sp³-hybridized carbons (Fsp3) is 0.233. The number of amides is 1. The van der Waals surface area contributed by atoms with Gasteiger partial charge in [0.1, 0.15) is 11.3 Å². The largest absolute Gasteiger partial charge is 0.438 e. The standard InChI is InChI=1S/C30H31N3O4S/c1-18(2)23-10-12-24(13-11-23)26-15-14-25(29(34)33-38(35,36)27-9-7-8-22(6)31-27)30(32-26)37-28-20(4)16-19(3)17-21(28)5/h7-18H,1-6H3,(H,33,34). The Kier molecular flexibility index (Phi) is 7.64. The van der Waals surface area contributed by atoms with Crippen molar-refractivity contribution in [3.8, 4) is 22.9 Å². The number of benzene rings is 2. The van der Waals surface area contributed by atoms with E-state index in [2.05, 4.69) is 28.5 Å². The number of hydrogen-bond donors (Lipinski definition) is 1. The van der Waals surface area contributed by atoms with Crippen LogP contribution in [0.15, 0.2) is 71.8 Å². The zero-order chi connectivity index (χ0) is 27.6. The first-order valence-corrected chi connectivity index (χ1v) is 13.8. The fourth-order valence-electron chi connectivity index (χ4n) is 4.21. The van der Waals surface area contributed by atoms with Crippen molar-refractivity contribution in [2.45, 2.75) is 52.5 Å². The van der Waals surface area contributed by atoms with Gasteiger partial charge in [-0.25, -0.2) is 14.7 Å². The fourth-order valence-corrected chi connectivity index (χ4v) is 5.19. The van der Waals surface area contributed by atoms with E-state index in [9.17, 15) is 13.2 Å². The molecule has 0 aliphatic rings. The summed E-state index contributed by atoms with van der Waals surface area (Å²) in [6.45, 7) is 11.7. The third-order valence-electron chi connectivity index (χ3n) is 6.15. The molecule has 0 unspecified atom stereocenters. The topological polar surface area (TPSA) is 98.2 Å². The first kappa shape index (κ1) is 27.0. The van der Waals surface area contributed by atoms with E-state index in [4.69, 9.17) is 4.74 Å². The van der Waals surface area contributed by atoms with E-state index in [1.165, 1.54) is 17.7 Å². The van der Waals surface area contributed by atoms with Crippen LogP contribution in [0.5, 0.6) is 11.6 Å². The smallest absolute Gasteiger partial charge is 0.281 e. The van der Waals surface area contributed by atoms with Crippen molar-refractivity contribution in [2.24, 2.45) is 0 Å². The van der Waals surface area contributed by atoms with E-state index in [0.717, 1.165) is 22.3 Å². The number of pyridine rings is 2. The van der Waals surface area contributed by atoms with Crippen LogP contribution in [0.25, 0.3) is 11.3 Å². The Hall–Kier alpha value is -4.04. The number of sulfonamides is 1. The van der Waals surface area contributed by atoms with E-state index in [1.54, 1.807) is 25.1 Å². The van der Waals surface area contributed by atoms with Crippen LogP contribution >= 0.6 is 0 Å². The molecule has 0 saturated carbocycles. The summed E-state index contributed by atoms with van der Waals surface area (Å²) in [6.07, 6.45) is 0. The maximum absolute atomic E-state index is 13.3. The number of ether oxygens (including phenoxy) is 1. The summed E-state index contributed by atoms with van der Waals surface area (Å²) in [5, 5.41) is -0.242. The monoisotopic (exact) mass is 529 g/mol. The SMILES string of the molecule is Cc1cc(C)c(Oc2nc(-c3ccc(C(C)C)cc3)ccc2C(=O)NS(=O)(=O)c2cccc(C)n2)c(C)c1. The lowest BCUT2D eigenvalue weighted by atomic mass is 10.0. The minimum absolute atomic E-state index is 0.00962. The molecule has 7 nitrogen and oxygen atoms in total. The van der Waals surface area contributed by atoms with Crippen LogP contribution in [0, 0.1) is 27.7 Å². The molecular weight excluding hydrogens is 498 g/mol. The second-order valence-electron chi connectivity index (χ2n) is 9.71. The molecule has 0 fully saturated rings. The van der Waals surface area contributed by atoms with Gasteiger partial charge >= 0.3 is 0 Å².